The Morgan fingerprint density at radius 3 is 2.50 bits per heavy atom. The third-order valence-corrected chi connectivity index (χ3v) is 4.43. The minimum atomic E-state index is 0.127. The number of halogens is 1. The molecule has 3 rings (SSSR count). The second-order valence-corrected chi connectivity index (χ2v) is 5.84. The molecule has 0 bridgehead atoms. The predicted octanol–water partition coefficient (Wildman–Crippen LogP) is 4.14. The molecule has 0 heterocycles. The van der Waals surface area contributed by atoms with Gasteiger partial charge in [0.15, 0.2) is 0 Å². The van der Waals surface area contributed by atoms with E-state index in [1.54, 1.807) is 0 Å². The molecule has 3 heteroatoms. The van der Waals surface area contributed by atoms with Gasteiger partial charge < -0.3 is 11.1 Å². The van der Waals surface area contributed by atoms with E-state index >= 15 is 0 Å². The van der Waals surface area contributed by atoms with Gasteiger partial charge >= 0.3 is 0 Å². The van der Waals surface area contributed by atoms with Gasteiger partial charge in [0.05, 0.1) is 0 Å². The molecule has 0 aromatic heterocycles. The smallest absolute Gasteiger partial charge is 0.0453 e. The van der Waals surface area contributed by atoms with Crippen LogP contribution in [0.2, 0.25) is 5.02 Å². The van der Waals surface area contributed by atoms with Crippen molar-refractivity contribution in [3.05, 3.63) is 70.2 Å². The molecular weight excluding hydrogens is 268 g/mol. The first-order chi connectivity index (χ1) is 9.66. The highest BCUT2D eigenvalue weighted by atomic mass is 35.5. The van der Waals surface area contributed by atoms with Crippen LogP contribution >= 0.6 is 11.6 Å². The summed E-state index contributed by atoms with van der Waals surface area (Å²) in [6.07, 6.45) is 0.939. The maximum atomic E-state index is 6.27. The Morgan fingerprint density at radius 2 is 1.75 bits per heavy atom. The zero-order valence-corrected chi connectivity index (χ0v) is 12.3. The summed E-state index contributed by atoms with van der Waals surface area (Å²) in [5.41, 5.74) is 9.93. The highest BCUT2D eigenvalue weighted by Gasteiger charge is 2.29. The normalized spacial score (nSPS) is 22.6. The molecule has 2 nitrogen and oxygen atoms in total. The molecule has 0 radical (unpaired) electrons. The Bertz CT molecular complexity index is 611. The van der Waals surface area contributed by atoms with Gasteiger partial charge in [-0.2, -0.15) is 0 Å². The number of nitrogens with one attached hydrogen (secondary N) is 1. The van der Waals surface area contributed by atoms with E-state index in [1.165, 1.54) is 11.1 Å². The molecule has 0 spiro atoms. The number of hydrogen-bond acceptors (Lipinski definition) is 2. The summed E-state index contributed by atoms with van der Waals surface area (Å²) in [6, 6.07) is 17.0. The zero-order valence-electron chi connectivity index (χ0n) is 11.5. The number of fused-ring (bicyclic) bond motifs is 1. The van der Waals surface area contributed by atoms with Gasteiger partial charge in [-0.25, -0.2) is 0 Å². The molecule has 0 saturated carbocycles. The van der Waals surface area contributed by atoms with E-state index in [1.807, 2.05) is 18.2 Å². The summed E-state index contributed by atoms with van der Waals surface area (Å²) < 4.78 is 0. The van der Waals surface area contributed by atoms with Crippen LogP contribution in [-0.4, -0.2) is 0 Å². The SMILES string of the molecule is C[C@@H](NC1CC(N)c2ccccc21)c1ccccc1Cl. The third kappa shape index (κ3) is 2.47. The second kappa shape index (κ2) is 5.57. The van der Waals surface area contributed by atoms with Gasteiger partial charge in [-0.05, 0) is 36.1 Å². The fourth-order valence-corrected chi connectivity index (χ4v) is 3.35. The lowest BCUT2D eigenvalue weighted by molar-refractivity contribution is 0.446. The van der Waals surface area contributed by atoms with Crippen LogP contribution in [0.3, 0.4) is 0 Å². The summed E-state index contributed by atoms with van der Waals surface area (Å²) in [6.45, 7) is 2.15. The largest absolute Gasteiger partial charge is 0.324 e. The molecule has 104 valence electrons. The van der Waals surface area contributed by atoms with Crippen LogP contribution in [-0.2, 0) is 0 Å². The van der Waals surface area contributed by atoms with Crippen molar-refractivity contribution in [2.45, 2.75) is 31.5 Å². The molecule has 2 aromatic carbocycles. The van der Waals surface area contributed by atoms with Crippen LogP contribution in [0.25, 0.3) is 0 Å². The number of rotatable bonds is 3. The molecule has 2 aromatic rings. The van der Waals surface area contributed by atoms with Gasteiger partial charge in [-0.15, -0.1) is 0 Å². The molecule has 2 unspecified atom stereocenters. The molecule has 20 heavy (non-hydrogen) atoms. The van der Waals surface area contributed by atoms with Crippen LogP contribution in [0, 0.1) is 0 Å². The molecule has 0 aliphatic heterocycles. The van der Waals surface area contributed by atoms with Crippen LogP contribution < -0.4 is 11.1 Å². The van der Waals surface area contributed by atoms with Crippen molar-refractivity contribution < 1.29 is 0 Å². The van der Waals surface area contributed by atoms with Crippen molar-refractivity contribution in [3.8, 4) is 0 Å². The maximum absolute atomic E-state index is 6.27. The van der Waals surface area contributed by atoms with Crippen molar-refractivity contribution in [3.63, 3.8) is 0 Å². The Hall–Kier alpha value is -1.35. The second-order valence-electron chi connectivity index (χ2n) is 5.43. The van der Waals surface area contributed by atoms with E-state index in [0.29, 0.717) is 6.04 Å². The monoisotopic (exact) mass is 286 g/mol. The van der Waals surface area contributed by atoms with Crippen molar-refractivity contribution >= 4 is 11.6 Å². The van der Waals surface area contributed by atoms with Crippen LogP contribution in [0.4, 0.5) is 0 Å². The van der Waals surface area contributed by atoms with Crippen molar-refractivity contribution in [2.24, 2.45) is 5.73 Å². The quantitative estimate of drug-likeness (QED) is 0.890. The predicted molar refractivity (Wildman–Crippen MR) is 83.7 cm³/mol. The number of benzene rings is 2. The van der Waals surface area contributed by atoms with Crippen molar-refractivity contribution in [1.82, 2.24) is 5.32 Å². The maximum Gasteiger partial charge on any atom is 0.0453 e. The fourth-order valence-electron chi connectivity index (χ4n) is 3.05. The number of hydrogen-bond donors (Lipinski definition) is 2. The van der Waals surface area contributed by atoms with Crippen LogP contribution in [0.5, 0.6) is 0 Å². The summed E-state index contributed by atoms with van der Waals surface area (Å²) in [5, 5.41) is 4.47. The van der Waals surface area contributed by atoms with E-state index in [9.17, 15) is 0 Å². The molecular formula is C17H19ClN2. The third-order valence-electron chi connectivity index (χ3n) is 4.08. The Kier molecular flexibility index (Phi) is 3.79. The molecule has 0 saturated heterocycles. The van der Waals surface area contributed by atoms with Crippen molar-refractivity contribution in [1.29, 1.82) is 0 Å². The minimum absolute atomic E-state index is 0.127. The molecule has 1 aliphatic rings. The van der Waals surface area contributed by atoms with Gasteiger partial charge in [-0.1, -0.05) is 54.1 Å². The highest BCUT2D eigenvalue weighted by Crippen LogP contribution is 2.38. The summed E-state index contributed by atoms with van der Waals surface area (Å²) in [4.78, 5) is 0. The van der Waals surface area contributed by atoms with Crippen LogP contribution in [0.15, 0.2) is 48.5 Å². The Labute approximate surface area is 125 Å². The first kappa shape index (κ1) is 13.6. The first-order valence-electron chi connectivity index (χ1n) is 7.01. The topological polar surface area (TPSA) is 38.0 Å². The lowest BCUT2D eigenvalue weighted by Gasteiger charge is -2.21. The minimum Gasteiger partial charge on any atom is -0.324 e. The Morgan fingerprint density at radius 1 is 1.10 bits per heavy atom. The first-order valence-corrected chi connectivity index (χ1v) is 7.39. The van der Waals surface area contributed by atoms with Gasteiger partial charge in [0.2, 0.25) is 0 Å². The van der Waals surface area contributed by atoms with E-state index in [4.69, 9.17) is 17.3 Å². The fraction of sp³-hybridized carbons (Fsp3) is 0.294. The average molecular weight is 287 g/mol. The standard InChI is InChI=1S/C17H19ClN2/c1-11(12-6-4-5-9-15(12)18)20-17-10-16(19)13-7-2-3-8-14(13)17/h2-9,11,16-17,20H,10,19H2,1H3/t11-,16?,17?/m1/s1. The molecule has 1 aliphatic carbocycles. The van der Waals surface area contributed by atoms with Gasteiger partial charge in [0.25, 0.3) is 0 Å². The lowest BCUT2D eigenvalue weighted by Crippen LogP contribution is -2.23. The summed E-state index contributed by atoms with van der Waals surface area (Å²) >= 11 is 6.27. The van der Waals surface area contributed by atoms with E-state index in [-0.39, 0.29) is 12.1 Å². The van der Waals surface area contributed by atoms with E-state index in [2.05, 4.69) is 42.6 Å². The van der Waals surface area contributed by atoms with Gasteiger partial charge in [0.1, 0.15) is 0 Å². The molecule has 0 fully saturated rings. The summed E-state index contributed by atoms with van der Waals surface area (Å²) in [5.74, 6) is 0. The molecule has 0 amide bonds. The van der Waals surface area contributed by atoms with E-state index < -0.39 is 0 Å². The zero-order chi connectivity index (χ0) is 14.1. The lowest BCUT2D eigenvalue weighted by atomic mass is 10.0. The Balaban J connectivity index is 1.81. The molecule has 3 atom stereocenters. The summed E-state index contributed by atoms with van der Waals surface area (Å²) in [7, 11) is 0. The molecule has 3 N–H and O–H groups in total. The van der Waals surface area contributed by atoms with Crippen molar-refractivity contribution in [2.75, 3.05) is 0 Å². The van der Waals surface area contributed by atoms with Gasteiger partial charge in [0, 0.05) is 23.1 Å². The number of nitrogens with two attached hydrogens (primary N) is 1. The highest BCUT2D eigenvalue weighted by molar-refractivity contribution is 6.31. The van der Waals surface area contributed by atoms with E-state index in [0.717, 1.165) is 17.0 Å². The van der Waals surface area contributed by atoms with Gasteiger partial charge in [-0.3, -0.25) is 0 Å². The average Bonchev–Trinajstić information content (AvgIpc) is 2.76. The van der Waals surface area contributed by atoms with Crippen LogP contribution in [0.1, 0.15) is 48.2 Å².